The van der Waals surface area contributed by atoms with Crippen molar-refractivity contribution in [3.8, 4) is 11.5 Å². The third kappa shape index (κ3) is 5.30. The maximum atomic E-state index is 11.6. The first kappa shape index (κ1) is 16.8. The second kappa shape index (κ2) is 8.19. The summed E-state index contributed by atoms with van der Waals surface area (Å²) in [7, 11) is 1.62. The Morgan fingerprint density at radius 3 is 2.65 bits per heavy atom. The van der Waals surface area contributed by atoms with E-state index in [4.69, 9.17) is 21.1 Å². The molecule has 0 aromatic heterocycles. The van der Waals surface area contributed by atoms with E-state index >= 15 is 0 Å². The van der Waals surface area contributed by atoms with Crippen molar-refractivity contribution < 1.29 is 14.3 Å². The van der Waals surface area contributed by atoms with Crippen LogP contribution in [0.5, 0.6) is 11.5 Å². The molecule has 0 aliphatic rings. The number of amides is 1. The van der Waals surface area contributed by atoms with Crippen molar-refractivity contribution in [3.05, 3.63) is 58.6 Å². The number of halogens is 1. The van der Waals surface area contributed by atoms with E-state index in [1.807, 2.05) is 25.1 Å². The number of hydrazone groups is 1. The van der Waals surface area contributed by atoms with Gasteiger partial charge in [0.2, 0.25) is 0 Å². The zero-order valence-corrected chi connectivity index (χ0v) is 13.6. The van der Waals surface area contributed by atoms with Gasteiger partial charge in [-0.3, -0.25) is 4.79 Å². The predicted octanol–water partition coefficient (Wildman–Crippen LogP) is 3.19. The molecule has 0 atom stereocenters. The van der Waals surface area contributed by atoms with E-state index < -0.39 is 0 Å². The quantitative estimate of drug-likeness (QED) is 0.653. The maximum Gasteiger partial charge on any atom is 0.277 e. The molecule has 2 aromatic carbocycles. The average Bonchev–Trinajstić information content (AvgIpc) is 2.54. The molecule has 6 heteroatoms. The molecule has 0 radical (unpaired) electrons. The molecule has 0 heterocycles. The fourth-order valence-electron chi connectivity index (χ4n) is 1.87. The number of hydrogen-bond donors (Lipinski definition) is 1. The summed E-state index contributed by atoms with van der Waals surface area (Å²) in [5.74, 6) is 1.03. The number of aryl methyl sites for hydroxylation is 1. The highest BCUT2D eigenvalue weighted by molar-refractivity contribution is 6.30. The van der Waals surface area contributed by atoms with Crippen molar-refractivity contribution in [3.63, 3.8) is 0 Å². The van der Waals surface area contributed by atoms with Crippen molar-refractivity contribution in [2.75, 3.05) is 13.7 Å². The van der Waals surface area contributed by atoms with Gasteiger partial charge in [0.05, 0.1) is 13.3 Å². The van der Waals surface area contributed by atoms with Crippen LogP contribution in [0.3, 0.4) is 0 Å². The van der Waals surface area contributed by atoms with E-state index in [2.05, 4.69) is 10.5 Å². The van der Waals surface area contributed by atoms with Crippen molar-refractivity contribution in [2.24, 2.45) is 5.10 Å². The lowest BCUT2D eigenvalue weighted by atomic mass is 10.1. The van der Waals surface area contributed by atoms with Crippen LogP contribution in [-0.2, 0) is 4.79 Å². The maximum absolute atomic E-state index is 11.6. The summed E-state index contributed by atoms with van der Waals surface area (Å²) < 4.78 is 10.5. The summed E-state index contributed by atoms with van der Waals surface area (Å²) in [5, 5.41) is 4.51. The molecule has 0 unspecified atom stereocenters. The Bertz CT molecular complexity index is 699. The molecule has 2 rings (SSSR count). The topological polar surface area (TPSA) is 59.9 Å². The summed E-state index contributed by atoms with van der Waals surface area (Å²) in [6, 6.07) is 12.4. The standard InChI is InChI=1S/C17H17ClN2O3/c1-12-9-13(3-8-16(12)22-2)10-19-20-17(21)11-23-15-6-4-14(18)5-7-15/h3-10H,11H2,1-2H3,(H,20,21). The van der Waals surface area contributed by atoms with E-state index in [1.54, 1.807) is 37.6 Å². The molecule has 1 amide bonds. The van der Waals surface area contributed by atoms with E-state index in [0.717, 1.165) is 16.9 Å². The molecule has 120 valence electrons. The second-order valence-corrected chi connectivity index (χ2v) is 5.20. The number of benzene rings is 2. The minimum Gasteiger partial charge on any atom is -0.496 e. The summed E-state index contributed by atoms with van der Waals surface area (Å²) in [6.45, 7) is 1.81. The molecule has 0 fully saturated rings. The van der Waals surface area contributed by atoms with E-state index in [1.165, 1.54) is 0 Å². The number of methoxy groups -OCH3 is 1. The molecule has 5 nitrogen and oxygen atoms in total. The van der Waals surface area contributed by atoms with Crippen molar-refractivity contribution in [2.45, 2.75) is 6.92 Å². The molecule has 0 saturated heterocycles. The molecule has 0 bridgehead atoms. The number of nitrogens with zero attached hydrogens (tertiary/aromatic N) is 1. The van der Waals surface area contributed by atoms with Crippen LogP contribution in [0, 0.1) is 6.92 Å². The first-order valence-electron chi connectivity index (χ1n) is 6.93. The molecular weight excluding hydrogens is 316 g/mol. The SMILES string of the molecule is COc1ccc(C=NNC(=O)COc2ccc(Cl)cc2)cc1C. The minimum absolute atomic E-state index is 0.124. The highest BCUT2D eigenvalue weighted by atomic mass is 35.5. The number of nitrogens with one attached hydrogen (secondary N) is 1. The number of hydrogen-bond acceptors (Lipinski definition) is 4. The van der Waals surface area contributed by atoms with Gasteiger partial charge in [-0.2, -0.15) is 5.10 Å². The second-order valence-electron chi connectivity index (χ2n) is 4.76. The molecule has 0 spiro atoms. The van der Waals surface area contributed by atoms with Crippen LogP contribution in [0.25, 0.3) is 0 Å². The first-order valence-corrected chi connectivity index (χ1v) is 7.31. The van der Waals surface area contributed by atoms with Crippen LogP contribution in [0.1, 0.15) is 11.1 Å². The van der Waals surface area contributed by atoms with Gasteiger partial charge in [-0.25, -0.2) is 5.43 Å². The van der Waals surface area contributed by atoms with Crippen molar-refractivity contribution in [1.29, 1.82) is 0 Å². The van der Waals surface area contributed by atoms with Crippen LogP contribution in [0.2, 0.25) is 5.02 Å². The van der Waals surface area contributed by atoms with Crippen molar-refractivity contribution in [1.82, 2.24) is 5.43 Å². The van der Waals surface area contributed by atoms with Gasteiger partial charge in [0, 0.05) is 5.02 Å². The normalized spacial score (nSPS) is 10.6. The Labute approximate surface area is 139 Å². The smallest absolute Gasteiger partial charge is 0.277 e. The molecule has 23 heavy (non-hydrogen) atoms. The first-order chi connectivity index (χ1) is 11.1. The summed E-state index contributed by atoms with van der Waals surface area (Å²) in [5.41, 5.74) is 4.27. The van der Waals surface area contributed by atoms with Gasteiger partial charge in [-0.1, -0.05) is 11.6 Å². The summed E-state index contributed by atoms with van der Waals surface area (Å²) in [4.78, 5) is 11.6. The summed E-state index contributed by atoms with van der Waals surface area (Å²) in [6.07, 6.45) is 1.56. The van der Waals surface area contributed by atoms with Gasteiger partial charge in [0.15, 0.2) is 6.61 Å². The van der Waals surface area contributed by atoms with Gasteiger partial charge in [-0.05, 0) is 60.5 Å². The largest absolute Gasteiger partial charge is 0.496 e. The Morgan fingerprint density at radius 1 is 1.26 bits per heavy atom. The molecular formula is C17H17ClN2O3. The number of carbonyl (C=O) groups excluding carboxylic acids is 1. The lowest BCUT2D eigenvalue weighted by molar-refractivity contribution is -0.123. The molecule has 2 aromatic rings. The van der Waals surface area contributed by atoms with Gasteiger partial charge < -0.3 is 9.47 Å². The minimum atomic E-state index is -0.346. The Hall–Kier alpha value is -2.53. The molecule has 0 aliphatic heterocycles. The Balaban J connectivity index is 1.81. The fraction of sp³-hybridized carbons (Fsp3) is 0.176. The average molecular weight is 333 g/mol. The lowest BCUT2D eigenvalue weighted by Crippen LogP contribution is -2.24. The summed E-state index contributed by atoms with van der Waals surface area (Å²) >= 11 is 5.77. The zero-order valence-electron chi connectivity index (χ0n) is 12.9. The predicted molar refractivity (Wildman–Crippen MR) is 90.4 cm³/mol. The lowest BCUT2D eigenvalue weighted by Gasteiger charge is -2.05. The number of carbonyl (C=O) groups is 1. The van der Waals surface area contributed by atoms with Crippen LogP contribution in [0.15, 0.2) is 47.6 Å². The number of ether oxygens (including phenoxy) is 2. The van der Waals surface area contributed by atoms with E-state index in [9.17, 15) is 4.79 Å². The fourth-order valence-corrected chi connectivity index (χ4v) is 2.00. The monoisotopic (exact) mass is 332 g/mol. The Morgan fingerprint density at radius 2 is 2.00 bits per heavy atom. The van der Waals surface area contributed by atoms with Crippen LogP contribution >= 0.6 is 11.6 Å². The molecule has 1 N–H and O–H groups in total. The van der Waals surface area contributed by atoms with Gasteiger partial charge in [0.25, 0.3) is 5.91 Å². The van der Waals surface area contributed by atoms with E-state index in [-0.39, 0.29) is 12.5 Å². The number of rotatable bonds is 6. The zero-order chi connectivity index (χ0) is 16.7. The highest BCUT2D eigenvalue weighted by Crippen LogP contribution is 2.17. The molecule has 0 saturated carbocycles. The van der Waals surface area contributed by atoms with Gasteiger partial charge in [0.1, 0.15) is 11.5 Å². The third-order valence-electron chi connectivity index (χ3n) is 3.01. The highest BCUT2D eigenvalue weighted by Gasteiger charge is 2.02. The van der Waals surface area contributed by atoms with Crippen molar-refractivity contribution >= 4 is 23.7 Å². The van der Waals surface area contributed by atoms with Gasteiger partial charge in [-0.15, -0.1) is 0 Å². The van der Waals surface area contributed by atoms with Crippen LogP contribution < -0.4 is 14.9 Å². The van der Waals surface area contributed by atoms with Crippen LogP contribution in [-0.4, -0.2) is 25.8 Å². The Kier molecular flexibility index (Phi) is 6.00. The third-order valence-corrected chi connectivity index (χ3v) is 3.26. The van der Waals surface area contributed by atoms with Crippen LogP contribution in [0.4, 0.5) is 0 Å². The molecule has 0 aliphatic carbocycles. The van der Waals surface area contributed by atoms with E-state index in [0.29, 0.717) is 10.8 Å². The van der Waals surface area contributed by atoms with Gasteiger partial charge >= 0.3 is 0 Å².